The number of carboxylic acid groups (broad SMARTS) is 1. The Morgan fingerprint density at radius 2 is 2.06 bits per heavy atom. The summed E-state index contributed by atoms with van der Waals surface area (Å²) >= 11 is 0. The Kier molecular flexibility index (Phi) is 3.42. The summed E-state index contributed by atoms with van der Waals surface area (Å²) in [6, 6.07) is 0. The van der Waals surface area contributed by atoms with Crippen molar-refractivity contribution < 1.29 is 24.7 Å². The van der Waals surface area contributed by atoms with Crippen LogP contribution in [-0.2, 0) is 9.53 Å². The number of ether oxygens (including phenoxy) is 1. The van der Waals surface area contributed by atoms with Gasteiger partial charge in [-0.3, -0.25) is 0 Å². The quantitative estimate of drug-likeness (QED) is 0.571. The Hall–Kier alpha value is -1.30. The lowest BCUT2D eigenvalue weighted by atomic mass is 9.99. The van der Waals surface area contributed by atoms with Crippen LogP contribution in [0.3, 0.4) is 0 Å². The van der Waals surface area contributed by atoms with Crippen LogP contribution in [0.5, 0.6) is 0 Å². The number of hydrogen-bond acceptors (Lipinski definition) is 4. The molecule has 92 valence electrons. The summed E-state index contributed by atoms with van der Waals surface area (Å²) in [4.78, 5) is 22.5. The molecule has 6 nitrogen and oxygen atoms in total. The van der Waals surface area contributed by atoms with Gasteiger partial charge in [-0.15, -0.1) is 0 Å². The van der Waals surface area contributed by atoms with E-state index in [-0.39, 0.29) is 6.54 Å². The molecule has 0 unspecified atom stereocenters. The van der Waals surface area contributed by atoms with Gasteiger partial charge in [0.25, 0.3) is 0 Å². The summed E-state index contributed by atoms with van der Waals surface area (Å²) in [6.07, 6.45) is -0.360. The number of nitrogens with two attached hydrogens (primary N) is 1. The predicted octanol–water partition coefficient (Wildman–Crippen LogP) is -2.03. The molecular formula is C10H18N2O4. The normalized spacial score (nSPS) is 25.2. The highest BCUT2D eigenvalue weighted by Gasteiger charge is 2.41. The molecule has 0 aliphatic carbocycles. The first kappa shape index (κ1) is 12.8. The van der Waals surface area contributed by atoms with Crippen LogP contribution < -0.4 is 15.7 Å². The van der Waals surface area contributed by atoms with Crippen molar-refractivity contribution in [3.63, 3.8) is 0 Å². The maximum atomic E-state index is 11.5. The van der Waals surface area contributed by atoms with Crippen molar-refractivity contribution in [3.05, 3.63) is 0 Å². The van der Waals surface area contributed by atoms with E-state index in [0.717, 1.165) is 0 Å². The van der Waals surface area contributed by atoms with Crippen molar-refractivity contribution in [2.75, 3.05) is 13.1 Å². The minimum absolute atomic E-state index is 0.286. The number of nitrogens with one attached hydrogen (secondary N) is 1. The number of carboxylic acids is 1. The summed E-state index contributed by atoms with van der Waals surface area (Å²) in [6.45, 7) is 6.11. The van der Waals surface area contributed by atoms with Crippen LogP contribution in [0.15, 0.2) is 0 Å². The van der Waals surface area contributed by atoms with Crippen molar-refractivity contribution in [3.8, 4) is 0 Å². The van der Waals surface area contributed by atoms with Crippen molar-refractivity contribution in [2.24, 2.45) is 0 Å². The smallest absolute Gasteiger partial charge is 0.408 e. The zero-order valence-corrected chi connectivity index (χ0v) is 9.83. The number of carbonyl (C=O) groups excluding carboxylic acids is 2. The molecule has 0 aromatic heterocycles. The largest absolute Gasteiger partial charge is 0.547 e. The lowest BCUT2D eigenvalue weighted by Gasteiger charge is -2.29. The number of carbonyl (C=O) groups is 2. The molecule has 1 aliphatic rings. The fraction of sp³-hybridized carbons (Fsp3) is 0.800. The van der Waals surface area contributed by atoms with Crippen LogP contribution in [0.4, 0.5) is 4.79 Å². The van der Waals surface area contributed by atoms with Gasteiger partial charge >= 0.3 is 6.09 Å². The van der Waals surface area contributed by atoms with Crippen LogP contribution in [-0.4, -0.2) is 36.3 Å². The Bertz CT molecular complexity index is 290. The second-order valence-corrected chi connectivity index (χ2v) is 5.03. The minimum atomic E-state index is -1.29. The van der Waals surface area contributed by atoms with Gasteiger partial charge in [0.1, 0.15) is 17.7 Å². The molecule has 1 amide bonds. The molecular weight excluding hydrogens is 212 g/mol. The third-order valence-corrected chi connectivity index (χ3v) is 2.40. The van der Waals surface area contributed by atoms with E-state index in [9.17, 15) is 14.7 Å². The maximum absolute atomic E-state index is 11.5. The topological polar surface area (TPSA) is 95.1 Å². The van der Waals surface area contributed by atoms with E-state index in [1.807, 2.05) is 5.32 Å². The number of amides is 1. The van der Waals surface area contributed by atoms with Gasteiger partial charge in [0.05, 0.1) is 12.5 Å². The molecule has 1 rings (SSSR count). The summed E-state index contributed by atoms with van der Waals surface area (Å²) in [7, 11) is 0. The average molecular weight is 230 g/mol. The predicted molar refractivity (Wildman–Crippen MR) is 53.4 cm³/mol. The molecule has 0 bridgehead atoms. The number of alkyl carbamates (subject to hydrolysis) is 1. The lowest BCUT2D eigenvalue weighted by molar-refractivity contribution is -0.638. The average Bonchev–Trinajstić information content (AvgIpc) is 2.49. The molecule has 0 saturated carbocycles. The second-order valence-electron chi connectivity index (χ2n) is 5.03. The molecule has 1 fully saturated rings. The molecule has 1 atom stereocenters. The number of aliphatic carboxylic acids is 1. The third kappa shape index (κ3) is 3.10. The first-order valence-electron chi connectivity index (χ1n) is 5.29. The Morgan fingerprint density at radius 3 is 2.44 bits per heavy atom. The van der Waals surface area contributed by atoms with Crippen molar-refractivity contribution in [1.29, 1.82) is 0 Å². The molecule has 0 aromatic rings. The van der Waals surface area contributed by atoms with Gasteiger partial charge in [-0.1, -0.05) is 0 Å². The zero-order chi connectivity index (χ0) is 12.4. The standard InChI is InChI=1S/C10H18N2O4/c1-9(2,3)16-8(15)12-10(7(13)14)4-5-11-6-10/h11H,4-6H2,1-3H3,(H,12,15)(H,13,14)/t10-/m0/s1. The van der Waals surface area contributed by atoms with Gasteiger partial charge in [-0.05, 0) is 20.8 Å². The Morgan fingerprint density at radius 1 is 1.44 bits per heavy atom. The maximum Gasteiger partial charge on any atom is 0.408 e. The highest BCUT2D eigenvalue weighted by atomic mass is 16.6. The molecule has 1 aliphatic heterocycles. The molecule has 1 heterocycles. The molecule has 0 spiro atoms. The molecule has 1 saturated heterocycles. The highest BCUT2D eigenvalue weighted by Crippen LogP contribution is 2.12. The van der Waals surface area contributed by atoms with Crippen LogP contribution in [0.1, 0.15) is 27.2 Å². The lowest BCUT2D eigenvalue weighted by Crippen LogP contribution is -2.84. The summed E-state index contributed by atoms with van der Waals surface area (Å²) < 4.78 is 5.02. The van der Waals surface area contributed by atoms with Crippen LogP contribution in [0.25, 0.3) is 0 Å². The van der Waals surface area contributed by atoms with E-state index in [1.54, 1.807) is 20.8 Å². The van der Waals surface area contributed by atoms with Crippen LogP contribution in [0, 0.1) is 0 Å². The Balaban J connectivity index is 2.63. The van der Waals surface area contributed by atoms with Gasteiger partial charge in [0.2, 0.25) is 0 Å². The first-order chi connectivity index (χ1) is 7.25. The second kappa shape index (κ2) is 4.29. The van der Waals surface area contributed by atoms with Crippen LogP contribution >= 0.6 is 0 Å². The van der Waals surface area contributed by atoms with Gasteiger partial charge in [0.15, 0.2) is 0 Å². The Labute approximate surface area is 94.3 Å². The van der Waals surface area contributed by atoms with E-state index < -0.39 is 23.2 Å². The van der Waals surface area contributed by atoms with Crippen molar-refractivity contribution in [1.82, 2.24) is 5.32 Å². The van der Waals surface area contributed by atoms with Gasteiger partial charge in [-0.2, -0.15) is 0 Å². The zero-order valence-electron chi connectivity index (χ0n) is 9.83. The molecule has 0 radical (unpaired) electrons. The van der Waals surface area contributed by atoms with E-state index in [4.69, 9.17) is 4.74 Å². The van der Waals surface area contributed by atoms with E-state index in [0.29, 0.717) is 13.0 Å². The number of rotatable bonds is 2. The fourth-order valence-electron chi connectivity index (χ4n) is 1.65. The molecule has 0 aromatic carbocycles. The number of hydrogen-bond donors (Lipinski definition) is 2. The highest BCUT2D eigenvalue weighted by molar-refractivity contribution is 5.83. The van der Waals surface area contributed by atoms with Gasteiger partial charge < -0.3 is 25.3 Å². The summed E-state index contributed by atoms with van der Waals surface area (Å²) in [5.41, 5.74) is -1.93. The summed E-state index contributed by atoms with van der Waals surface area (Å²) in [5.74, 6) is -1.26. The van der Waals surface area contributed by atoms with E-state index >= 15 is 0 Å². The first-order valence-corrected chi connectivity index (χ1v) is 5.29. The summed E-state index contributed by atoms with van der Waals surface area (Å²) in [5, 5.41) is 15.2. The van der Waals surface area contributed by atoms with E-state index in [1.165, 1.54) is 0 Å². The number of quaternary nitrogens is 1. The van der Waals surface area contributed by atoms with Crippen molar-refractivity contribution >= 4 is 12.1 Å². The molecule has 16 heavy (non-hydrogen) atoms. The molecule has 3 N–H and O–H groups in total. The fourth-order valence-corrected chi connectivity index (χ4v) is 1.65. The van der Waals surface area contributed by atoms with Gasteiger partial charge in [-0.25, -0.2) is 4.79 Å². The SMILES string of the molecule is CC(C)(C)OC(=O)N[C@@]1(C(=O)[O-])CC[NH2+]C1. The van der Waals surface area contributed by atoms with Gasteiger partial charge in [0, 0.05) is 6.42 Å². The van der Waals surface area contributed by atoms with E-state index in [2.05, 4.69) is 5.32 Å². The van der Waals surface area contributed by atoms with Crippen molar-refractivity contribution in [2.45, 2.75) is 38.3 Å². The monoisotopic (exact) mass is 230 g/mol. The van der Waals surface area contributed by atoms with Crippen LogP contribution in [0.2, 0.25) is 0 Å². The molecule has 6 heteroatoms. The third-order valence-electron chi connectivity index (χ3n) is 2.40. The minimum Gasteiger partial charge on any atom is -0.547 e.